The van der Waals surface area contributed by atoms with Crippen LogP contribution in [0.1, 0.15) is 31.9 Å². The lowest BCUT2D eigenvalue weighted by atomic mass is 10.0. The van der Waals surface area contributed by atoms with Gasteiger partial charge in [-0.25, -0.2) is 0 Å². The Hall–Kier alpha value is -1.35. The number of carbonyl (C=O) groups is 1. The molecule has 3 heteroatoms. The zero-order valence-electron chi connectivity index (χ0n) is 11.8. The van der Waals surface area contributed by atoms with Gasteiger partial charge in [0.15, 0.2) is 0 Å². The van der Waals surface area contributed by atoms with E-state index in [4.69, 9.17) is 4.74 Å². The van der Waals surface area contributed by atoms with Crippen molar-refractivity contribution in [2.45, 2.75) is 39.8 Å². The van der Waals surface area contributed by atoms with Gasteiger partial charge in [-0.3, -0.25) is 9.69 Å². The molecule has 0 saturated heterocycles. The summed E-state index contributed by atoms with van der Waals surface area (Å²) in [4.78, 5) is 13.8. The number of carbonyl (C=O) groups excluding carboxylic acids is 1. The van der Waals surface area contributed by atoms with Gasteiger partial charge in [0.25, 0.3) is 0 Å². The first-order chi connectivity index (χ1) is 8.58. The van der Waals surface area contributed by atoms with E-state index in [1.807, 2.05) is 18.2 Å². The van der Waals surface area contributed by atoms with Crippen molar-refractivity contribution < 1.29 is 9.53 Å². The van der Waals surface area contributed by atoms with Gasteiger partial charge in [0, 0.05) is 12.6 Å². The predicted octanol–water partition coefficient (Wildman–Crippen LogP) is 2.63. The number of methoxy groups -OCH3 is 1. The molecule has 1 rings (SSSR count). The Morgan fingerprint density at radius 3 is 2.39 bits per heavy atom. The quantitative estimate of drug-likeness (QED) is 0.726. The maximum atomic E-state index is 11.4. The highest BCUT2D eigenvalue weighted by Crippen LogP contribution is 2.14. The molecule has 0 atom stereocenters. The van der Waals surface area contributed by atoms with Gasteiger partial charge in [-0.2, -0.15) is 0 Å². The molecule has 0 radical (unpaired) electrons. The number of benzene rings is 1. The maximum Gasteiger partial charge on any atom is 0.309 e. The van der Waals surface area contributed by atoms with Crippen molar-refractivity contribution in [1.82, 2.24) is 4.90 Å². The summed E-state index contributed by atoms with van der Waals surface area (Å²) in [7, 11) is 1.43. The van der Waals surface area contributed by atoms with Gasteiger partial charge < -0.3 is 4.74 Å². The van der Waals surface area contributed by atoms with Crippen LogP contribution in [0.3, 0.4) is 0 Å². The highest BCUT2D eigenvalue weighted by Gasteiger charge is 2.12. The van der Waals surface area contributed by atoms with Gasteiger partial charge in [-0.05, 0) is 31.5 Å². The first-order valence-electron chi connectivity index (χ1n) is 6.46. The van der Waals surface area contributed by atoms with Gasteiger partial charge in [0.2, 0.25) is 0 Å². The van der Waals surface area contributed by atoms with Crippen LogP contribution in [0.25, 0.3) is 0 Å². The van der Waals surface area contributed by atoms with Crippen molar-refractivity contribution in [2.24, 2.45) is 0 Å². The lowest BCUT2D eigenvalue weighted by Crippen LogP contribution is -2.30. The fraction of sp³-hybridized carbons (Fsp3) is 0.533. The minimum atomic E-state index is -0.185. The third-order valence-electron chi connectivity index (χ3n) is 3.19. The molecule has 100 valence electrons. The second-order valence-electron chi connectivity index (χ2n) is 4.68. The van der Waals surface area contributed by atoms with Crippen molar-refractivity contribution >= 4 is 5.97 Å². The molecule has 0 fully saturated rings. The van der Waals surface area contributed by atoms with Crippen LogP contribution in [0.15, 0.2) is 24.3 Å². The Labute approximate surface area is 110 Å². The average Bonchev–Trinajstić information content (AvgIpc) is 2.37. The number of esters is 1. The standard InChI is InChI=1S/C15H23NO2/c1-5-16(12(2)3)11-14-9-7-6-8-13(14)10-15(17)18-4/h6-9,12H,5,10-11H2,1-4H3. The molecule has 0 heterocycles. The van der Waals surface area contributed by atoms with E-state index in [1.54, 1.807) is 0 Å². The van der Waals surface area contributed by atoms with Gasteiger partial charge in [0.1, 0.15) is 0 Å². The first-order valence-corrected chi connectivity index (χ1v) is 6.46. The molecule has 3 nitrogen and oxygen atoms in total. The summed E-state index contributed by atoms with van der Waals surface area (Å²) in [5.74, 6) is -0.185. The minimum absolute atomic E-state index is 0.185. The third kappa shape index (κ3) is 4.15. The van der Waals surface area contributed by atoms with Crippen LogP contribution in [0, 0.1) is 0 Å². The van der Waals surface area contributed by atoms with Crippen molar-refractivity contribution in [3.8, 4) is 0 Å². The molecular weight excluding hydrogens is 226 g/mol. The number of hydrogen-bond donors (Lipinski definition) is 0. The van der Waals surface area contributed by atoms with E-state index >= 15 is 0 Å². The van der Waals surface area contributed by atoms with Gasteiger partial charge in [0.05, 0.1) is 13.5 Å². The molecule has 1 aromatic carbocycles. The molecule has 0 amide bonds. The van der Waals surface area contributed by atoms with Gasteiger partial charge in [-0.1, -0.05) is 31.2 Å². The summed E-state index contributed by atoms with van der Waals surface area (Å²) in [5, 5.41) is 0. The van der Waals surface area contributed by atoms with Crippen molar-refractivity contribution in [3.63, 3.8) is 0 Å². The SMILES string of the molecule is CCN(Cc1ccccc1CC(=O)OC)C(C)C. The smallest absolute Gasteiger partial charge is 0.309 e. The third-order valence-corrected chi connectivity index (χ3v) is 3.19. The Morgan fingerprint density at radius 1 is 1.28 bits per heavy atom. The van der Waals surface area contributed by atoms with E-state index in [9.17, 15) is 4.79 Å². The minimum Gasteiger partial charge on any atom is -0.469 e. The van der Waals surface area contributed by atoms with E-state index in [2.05, 4.69) is 31.7 Å². The molecule has 1 aromatic rings. The summed E-state index contributed by atoms with van der Waals surface area (Å²) in [6, 6.07) is 8.57. The molecule has 0 aromatic heterocycles. The van der Waals surface area contributed by atoms with Gasteiger partial charge in [-0.15, -0.1) is 0 Å². The Balaban J connectivity index is 2.84. The fourth-order valence-electron chi connectivity index (χ4n) is 1.99. The molecule has 0 aliphatic rings. The van der Waals surface area contributed by atoms with E-state index in [1.165, 1.54) is 12.7 Å². The van der Waals surface area contributed by atoms with Crippen LogP contribution in [-0.4, -0.2) is 30.6 Å². The molecule has 0 saturated carbocycles. The highest BCUT2D eigenvalue weighted by molar-refractivity contribution is 5.72. The fourth-order valence-corrected chi connectivity index (χ4v) is 1.99. The largest absolute Gasteiger partial charge is 0.469 e. The molecule has 0 aliphatic heterocycles. The van der Waals surface area contributed by atoms with Crippen molar-refractivity contribution in [2.75, 3.05) is 13.7 Å². The molecular formula is C15H23NO2. The van der Waals surface area contributed by atoms with Crippen LogP contribution in [-0.2, 0) is 22.5 Å². The zero-order valence-corrected chi connectivity index (χ0v) is 11.8. The van der Waals surface area contributed by atoms with E-state index in [0.717, 1.165) is 18.7 Å². The van der Waals surface area contributed by atoms with Crippen LogP contribution in [0.4, 0.5) is 0 Å². The molecule has 0 N–H and O–H groups in total. The van der Waals surface area contributed by atoms with E-state index in [0.29, 0.717) is 12.5 Å². The first kappa shape index (κ1) is 14.7. The summed E-state index contributed by atoms with van der Waals surface area (Å²) in [5.41, 5.74) is 2.27. The Morgan fingerprint density at radius 2 is 1.89 bits per heavy atom. The van der Waals surface area contributed by atoms with E-state index < -0.39 is 0 Å². The lowest BCUT2D eigenvalue weighted by Gasteiger charge is -2.25. The Kier molecular flexibility index (Phi) is 5.86. The van der Waals surface area contributed by atoms with Crippen LogP contribution in [0.2, 0.25) is 0 Å². The molecule has 0 spiro atoms. The summed E-state index contributed by atoms with van der Waals surface area (Å²) < 4.78 is 4.74. The lowest BCUT2D eigenvalue weighted by molar-refractivity contribution is -0.139. The maximum absolute atomic E-state index is 11.4. The van der Waals surface area contributed by atoms with E-state index in [-0.39, 0.29) is 5.97 Å². The molecule has 0 bridgehead atoms. The van der Waals surface area contributed by atoms with Gasteiger partial charge >= 0.3 is 5.97 Å². The van der Waals surface area contributed by atoms with Crippen LogP contribution in [0.5, 0.6) is 0 Å². The zero-order chi connectivity index (χ0) is 13.5. The molecule has 0 unspecified atom stereocenters. The molecule has 0 aliphatic carbocycles. The van der Waals surface area contributed by atoms with Crippen molar-refractivity contribution in [3.05, 3.63) is 35.4 Å². The molecule has 18 heavy (non-hydrogen) atoms. The monoisotopic (exact) mass is 249 g/mol. The Bertz CT molecular complexity index is 388. The second kappa shape index (κ2) is 7.17. The summed E-state index contributed by atoms with van der Waals surface area (Å²) in [6.45, 7) is 8.41. The average molecular weight is 249 g/mol. The van der Waals surface area contributed by atoms with Crippen LogP contribution >= 0.6 is 0 Å². The predicted molar refractivity (Wildman–Crippen MR) is 73.4 cm³/mol. The number of rotatable bonds is 6. The topological polar surface area (TPSA) is 29.5 Å². The number of ether oxygens (including phenoxy) is 1. The highest BCUT2D eigenvalue weighted by atomic mass is 16.5. The van der Waals surface area contributed by atoms with Crippen molar-refractivity contribution in [1.29, 1.82) is 0 Å². The second-order valence-corrected chi connectivity index (χ2v) is 4.68. The number of nitrogens with zero attached hydrogens (tertiary/aromatic N) is 1. The summed E-state index contributed by atoms with van der Waals surface area (Å²) >= 11 is 0. The number of hydrogen-bond acceptors (Lipinski definition) is 3. The summed E-state index contributed by atoms with van der Waals surface area (Å²) in [6.07, 6.45) is 0.350. The normalized spacial score (nSPS) is 11.0. The van der Waals surface area contributed by atoms with Crippen LogP contribution < -0.4 is 0 Å².